The second kappa shape index (κ2) is 5.70. The van der Waals surface area contributed by atoms with Crippen LogP contribution >= 0.6 is 11.3 Å². The maximum atomic E-state index is 6.27. The van der Waals surface area contributed by atoms with Crippen molar-refractivity contribution in [1.29, 1.82) is 0 Å². The van der Waals surface area contributed by atoms with E-state index in [1.807, 2.05) is 0 Å². The van der Waals surface area contributed by atoms with E-state index in [2.05, 4.69) is 27.3 Å². The molecule has 2 aliphatic rings. The van der Waals surface area contributed by atoms with Crippen molar-refractivity contribution in [2.45, 2.75) is 31.3 Å². The zero-order chi connectivity index (χ0) is 12.4. The van der Waals surface area contributed by atoms with Crippen LogP contribution in [-0.2, 0) is 0 Å². The predicted octanol–water partition coefficient (Wildman–Crippen LogP) is 1.92. The van der Waals surface area contributed by atoms with Crippen molar-refractivity contribution < 1.29 is 0 Å². The quantitative estimate of drug-likeness (QED) is 0.903. The van der Waals surface area contributed by atoms with Gasteiger partial charge in [0.1, 0.15) is 0 Å². The monoisotopic (exact) mass is 265 g/mol. The Balaban J connectivity index is 1.50. The molecule has 1 aromatic rings. The third kappa shape index (κ3) is 2.77. The highest BCUT2D eigenvalue weighted by Crippen LogP contribution is 2.23. The lowest BCUT2D eigenvalue weighted by Gasteiger charge is -2.24. The van der Waals surface area contributed by atoms with Gasteiger partial charge in [-0.2, -0.15) is 0 Å². The standard InChI is InChI=1S/C14H23N3S/c15-13(14-4-3-9-18-14)11-16-8-5-12(10-16)17-6-1-2-7-17/h3-4,9,12-13H,1-2,5-8,10-11,15H2. The van der Waals surface area contributed by atoms with Crippen molar-refractivity contribution in [3.05, 3.63) is 22.4 Å². The van der Waals surface area contributed by atoms with Gasteiger partial charge in [0.25, 0.3) is 0 Å². The lowest BCUT2D eigenvalue weighted by molar-refractivity contribution is 0.228. The van der Waals surface area contributed by atoms with Gasteiger partial charge in [0.15, 0.2) is 0 Å². The molecule has 100 valence electrons. The molecule has 0 aromatic carbocycles. The van der Waals surface area contributed by atoms with Crippen LogP contribution in [0.3, 0.4) is 0 Å². The van der Waals surface area contributed by atoms with E-state index in [0.29, 0.717) is 0 Å². The highest BCUT2D eigenvalue weighted by Gasteiger charge is 2.29. The summed E-state index contributed by atoms with van der Waals surface area (Å²) in [4.78, 5) is 6.55. The molecular weight excluding hydrogens is 242 g/mol. The minimum absolute atomic E-state index is 0.197. The molecule has 3 heterocycles. The van der Waals surface area contributed by atoms with Gasteiger partial charge in [0.2, 0.25) is 0 Å². The largest absolute Gasteiger partial charge is 0.322 e. The van der Waals surface area contributed by atoms with Crippen LogP contribution in [0.15, 0.2) is 17.5 Å². The SMILES string of the molecule is NC(CN1CCC(N2CCCC2)C1)c1cccs1. The molecule has 2 unspecified atom stereocenters. The molecule has 0 aliphatic carbocycles. The van der Waals surface area contributed by atoms with Gasteiger partial charge in [-0.05, 0) is 50.3 Å². The first-order valence-corrected chi connectivity index (χ1v) is 7.96. The van der Waals surface area contributed by atoms with Gasteiger partial charge >= 0.3 is 0 Å². The zero-order valence-electron chi connectivity index (χ0n) is 10.9. The van der Waals surface area contributed by atoms with Gasteiger partial charge in [-0.3, -0.25) is 9.80 Å². The summed E-state index contributed by atoms with van der Waals surface area (Å²) in [5, 5.41) is 2.12. The lowest BCUT2D eigenvalue weighted by Crippen LogP contribution is -2.37. The summed E-state index contributed by atoms with van der Waals surface area (Å²) in [7, 11) is 0. The van der Waals surface area contributed by atoms with E-state index in [-0.39, 0.29) is 6.04 Å². The molecule has 3 rings (SSSR count). The van der Waals surface area contributed by atoms with Gasteiger partial charge in [-0.25, -0.2) is 0 Å². The van der Waals surface area contributed by atoms with Crippen LogP contribution in [0.5, 0.6) is 0 Å². The Bertz CT molecular complexity index is 359. The molecule has 0 amide bonds. The number of hydrogen-bond donors (Lipinski definition) is 1. The lowest BCUT2D eigenvalue weighted by atomic mass is 10.2. The molecule has 18 heavy (non-hydrogen) atoms. The Morgan fingerprint density at radius 3 is 2.89 bits per heavy atom. The molecule has 0 bridgehead atoms. The fraction of sp³-hybridized carbons (Fsp3) is 0.714. The van der Waals surface area contributed by atoms with Crippen molar-refractivity contribution >= 4 is 11.3 Å². The van der Waals surface area contributed by atoms with Crippen molar-refractivity contribution in [3.8, 4) is 0 Å². The number of nitrogens with zero attached hydrogens (tertiary/aromatic N) is 2. The molecule has 0 saturated carbocycles. The first-order chi connectivity index (χ1) is 8.83. The van der Waals surface area contributed by atoms with Crippen LogP contribution in [0.2, 0.25) is 0 Å². The summed E-state index contributed by atoms with van der Waals surface area (Å²) in [5.41, 5.74) is 6.27. The first-order valence-electron chi connectivity index (χ1n) is 7.08. The molecule has 2 aliphatic heterocycles. The Morgan fingerprint density at radius 1 is 1.33 bits per heavy atom. The predicted molar refractivity (Wildman–Crippen MR) is 76.9 cm³/mol. The van der Waals surface area contributed by atoms with Gasteiger partial charge in [0, 0.05) is 24.0 Å². The highest BCUT2D eigenvalue weighted by molar-refractivity contribution is 7.10. The Labute approximate surface area is 114 Å². The average molecular weight is 265 g/mol. The first kappa shape index (κ1) is 12.6. The summed E-state index contributed by atoms with van der Waals surface area (Å²) in [6.45, 7) is 6.09. The molecule has 0 radical (unpaired) electrons. The topological polar surface area (TPSA) is 32.5 Å². The van der Waals surface area contributed by atoms with Gasteiger partial charge in [0.05, 0.1) is 6.04 Å². The van der Waals surface area contributed by atoms with E-state index in [9.17, 15) is 0 Å². The molecule has 3 nitrogen and oxygen atoms in total. The number of nitrogens with two attached hydrogens (primary N) is 1. The molecule has 0 spiro atoms. The molecule has 1 aromatic heterocycles. The number of likely N-dealkylation sites (tertiary alicyclic amines) is 2. The minimum Gasteiger partial charge on any atom is -0.322 e. The number of thiophene rings is 1. The molecule has 2 atom stereocenters. The van der Waals surface area contributed by atoms with Gasteiger partial charge < -0.3 is 5.73 Å². The normalized spacial score (nSPS) is 27.9. The summed E-state index contributed by atoms with van der Waals surface area (Å²) in [5.74, 6) is 0. The van der Waals surface area contributed by atoms with Crippen LogP contribution in [0.4, 0.5) is 0 Å². The van der Waals surface area contributed by atoms with Crippen molar-refractivity contribution in [3.63, 3.8) is 0 Å². The van der Waals surface area contributed by atoms with E-state index in [1.165, 1.54) is 50.3 Å². The molecule has 2 fully saturated rings. The number of hydrogen-bond acceptors (Lipinski definition) is 4. The van der Waals surface area contributed by atoms with E-state index < -0.39 is 0 Å². The third-order valence-corrected chi connectivity index (χ3v) is 5.27. The van der Waals surface area contributed by atoms with Crippen molar-refractivity contribution in [2.24, 2.45) is 5.73 Å². The second-order valence-corrected chi connectivity index (χ2v) is 6.55. The Morgan fingerprint density at radius 2 is 2.17 bits per heavy atom. The molecule has 4 heteroatoms. The second-order valence-electron chi connectivity index (χ2n) is 5.57. The van der Waals surface area contributed by atoms with Crippen LogP contribution in [-0.4, -0.2) is 48.6 Å². The summed E-state index contributed by atoms with van der Waals surface area (Å²) >= 11 is 1.78. The van der Waals surface area contributed by atoms with Crippen molar-refractivity contribution in [1.82, 2.24) is 9.80 Å². The van der Waals surface area contributed by atoms with Gasteiger partial charge in [-0.15, -0.1) is 11.3 Å². The van der Waals surface area contributed by atoms with E-state index >= 15 is 0 Å². The minimum atomic E-state index is 0.197. The molecule has 2 saturated heterocycles. The smallest absolute Gasteiger partial charge is 0.0519 e. The van der Waals surface area contributed by atoms with Crippen LogP contribution in [0.25, 0.3) is 0 Å². The zero-order valence-corrected chi connectivity index (χ0v) is 11.7. The average Bonchev–Trinajstić information content (AvgIpc) is 3.12. The maximum absolute atomic E-state index is 6.27. The van der Waals surface area contributed by atoms with E-state index in [0.717, 1.165) is 12.6 Å². The summed E-state index contributed by atoms with van der Waals surface area (Å²) in [6.07, 6.45) is 4.12. The maximum Gasteiger partial charge on any atom is 0.0519 e. The van der Waals surface area contributed by atoms with Crippen molar-refractivity contribution in [2.75, 3.05) is 32.7 Å². The van der Waals surface area contributed by atoms with Crippen LogP contribution in [0.1, 0.15) is 30.2 Å². The highest BCUT2D eigenvalue weighted by atomic mass is 32.1. The van der Waals surface area contributed by atoms with E-state index in [4.69, 9.17) is 5.73 Å². The third-order valence-electron chi connectivity index (χ3n) is 4.27. The summed E-state index contributed by atoms with van der Waals surface area (Å²) < 4.78 is 0. The molecule has 2 N–H and O–H groups in total. The van der Waals surface area contributed by atoms with E-state index in [1.54, 1.807) is 11.3 Å². The molecular formula is C14H23N3S. The number of rotatable bonds is 4. The van der Waals surface area contributed by atoms with Crippen LogP contribution in [0, 0.1) is 0 Å². The summed E-state index contributed by atoms with van der Waals surface area (Å²) in [6, 6.07) is 5.24. The van der Waals surface area contributed by atoms with Gasteiger partial charge in [-0.1, -0.05) is 6.07 Å². The fourth-order valence-corrected chi connectivity index (χ4v) is 3.97. The Hall–Kier alpha value is -0.420. The van der Waals surface area contributed by atoms with Crippen LogP contribution < -0.4 is 5.73 Å². The fourth-order valence-electron chi connectivity index (χ4n) is 3.25. The Kier molecular flexibility index (Phi) is 3.99.